The van der Waals surface area contributed by atoms with Crippen LogP contribution in [0.15, 0.2) is 47.5 Å². The minimum absolute atomic E-state index is 0.00559. The van der Waals surface area contributed by atoms with E-state index < -0.39 is 10.8 Å². The zero-order valence-electron chi connectivity index (χ0n) is 12.5. The molecule has 0 saturated heterocycles. The molecule has 0 spiro atoms. The third-order valence-electron chi connectivity index (χ3n) is 3.55. The fraction of sp³-hybridized carbons (Fsp3) is 0.125. The zero-order valence-corrected chi connectivity index (χ0v) is 13.3. The van der Waals surface area contributed by atoms with Crippen LogP contribution in [-0.2, 0) is 7.05 Å². The summed E-state index contributed by atoms with van der Waals surface area (Å²) < 4.78 is 2.90. The van der Waals surface area contributed by atoms with E-state index in [0.29, 0.717) is 15.9 Å². The molecule has 2 aromatic carbocycles. The van der Waals surface area contributed by atoms with Crippen LogP contribution in [0.1, 0.15) is 15.9 Å². The van der Waals surface area contributed by atoms with Crippen molar-refractivity contribution in [3.8, 4) is 0 Å². The van der Waals surface area contributed by atoms with Gasteiger partial charge in [-0.2, -0.15) is 4.99 Å². The summed E-state index contributed by atoms with van der Waals surface area (Å²) in [5.74, 6) is -0.412. The molecule has 3 aromatic rings. The average molecular weight is 327 g/mol. The van der Waals surface area contributed by atoms with Crippen molar-refractivity contribution in [1.29, 1.82) is 0 Å². The summed E-state index contributed by atoms with van der Waals surface area (Å²) in [4.78, 5) is 27.4. The van der Waals surface area contributed by atoms with E-state index in [1.165, 1.54) is 29.5 Å². The second-order valence-electron chi connectivity index (χ2n) is 5.09. The van der Waals surface area contributed by atoms with Crippen molar-refractivity contribution in [2.24, 2.45) is 12.0 Å². The summed E-state index contributed by atoms with van der Waals surface area (Å²) >= 11 is 1.43. The van der Waals surface area contributed by atoms with Gasteiger partial charge in [0.2, 0.25) is 0 Å². The van der Waals surface area contributed by atoms with E-state index in [1.54, 1.807) is 6.92 Å². The van der Waals surface area contributed by atoms with Crippen LogP contribution in [0, 0.1) is 17.0 Å². The third-order valence-corrected chi connectivity index (χ3v) is 4.67. The van der Waals surface area contributed by atoms with E-state index in [-0.39, 0.29) is 5.69 Å². The van der Waals surface area contributed by atoms with Crippen LogP contribution < -0.4 is 4.80 Å². The van der Waals surface area contributed by atoms with Crippen LogP contribution in [-0.4, -0.2) is 15.4 Å². The largest absolute Gasteiger partial charge is 0.319 e. The maximum Gasteiger partial charge on any atom is 0.279 e. The first-order valence-corrected chi connectivity index (χ1v) is 7.67. The van der Waals surface area contributed by atoms with Gasteiger partial charge < -0.3 is 4.57 Å². The molecule has 1 aromatic heterocycles. The van der Waals surface area contributed by atoms with Crippen LogP contribution in [0.3, 0.4) is 0 Å². The van der Waals surface area contributed by atoms with Gasteiger partial charge in [0, 0.05) is 24.2 Å². The van der Waals surface area contributed by atoms with Crippen molar-refractivity contribution in [2.45, 2.75) is 6.92 Å². The Hall–Kier alpha value is -2.80. The summed E-state index contributed by atoms with van der Waals surface area (Å²) in [6, 6.07) is 12.1. The molecule has 0 bridgehead atoms. The first kappa shape index (κ1) is 15.1. The average Bonchev–Trinajstić information content (AvgIpc) is 2.83. The van der Waals surface area contributed by atoms with Gasteiger partial charge >= 0.3 is 0 Å². The van der Waals surface area contributed by atoms with Crippen molar-refractivity contribution >= 4 is 33.1 Å². The fourth-order valence-corrected chi connectivity index (χ4v) is 3.35. The maximum absolute atomic E-state index is 12.3. The van der Waals surface area contributed by atoms with E-state index in [9.17, 15) is 14.9 Å². The topological polar surface area (TPSA) is 77.5 Å². The molecular weight excluding hydrogens is 314 g/mol. The number of benzene rings is 2. The molecule has 1 amide bonds. The van der Waals surface area contributed by atoms with Crippen molar-refractivity contribution < 1.29 is 9.72 Å². The highest BCUT2D eigenvalue weighted by atomic mass is 32.1. The number of nitro groups is 1. The summed E-state index contributed by atoms with van der Waals surface area (Å²) in [5, 5.41) is 10.8. The van der Waals surface area contributed by atoms with Crippen molar-refractivity contribution in [3.05, 3.63) is 68.5 Å². The number of carbonyl (C=O) groups is 1. The summed E-state index contributed by atoms with van der Waals surface area (Å²) in [6.45, 7) is 1.61. The van der Waals surface area contributed by atoms with E-state index in [4.69, 9.17) is 0 Å². The van der Waals surface area contributed by atoms with Crippen LogP contribution in [0.25, 0.3) is 10.2 Å². The Morgan fingerprint density at radius 2 is 2.00 bits per heavy atom. The predicted octanol–water partition coefficient (Wildman–Crippen LogP) is 3.20. The summed E-state index contributed by atoms with van der Waals surface area (Å²) in [5.41, 5.74) is 1.78. The molecule has 0 atom stereocenters. The molecule has 3 rings (SSSR count). The van der Waals surface area contributed by atoms with Gasteiger partial charge in [-0.3, -0.25) is 14.9 Å². The lowest BCUT2D eigenvalue weighted by atomic mass is 10.1. The molecular formula is C16H13N3O3S. The number of hydrogen-bond donors (Lipinski definition) is 0. The fourth-order valence-electron chi connectivity index (χ4n) is 2.33. The summed E-state index contributed by atoms with van der Waals surface area (Å²) in [7, 11) is 1.85. The van der Waals surface area contributed by atoms with Gasteiger partial charge in [0.15, 0.2) is 4.80 Å². The van der Waals surface area contributed by atoms with Gasteiger partial charge in [0.1, 0.15) is 0 Å². The number of aryl methyl sites for hydroxylation is 2. The SMILES string of the molecule is Cc1cc(C(=O)N=c2sc3ccccc3n2C)ccc1[N+](=O)[O-]. The lowest BCUT2D eigenvalue weighted by molar-refractivity contribution is -0.385. The summed E-state index contributed by atoms with van der Waals surface area (Å²) in [6.07, 6.45) is 0. The number of hydrogen-bond acceptors (Lipinski definition) is 4. The maximum atomic E-state index is 12.3. The van der Waals surface area contributed by atoms with Crippen LogP contribution >= 0.6 is 11.3 Å². The molecule has 0 radical (unpaired) electrons. The Bertz CT molecular complexity index is 1000. The van der Waals surface area contributed by atoms with E-state index in [1.807, 2.05) is 35.9 Å². The number of amides is 1. The molecule has 0 N–H and O–H groups in total. The minimum atomic E-state index is -0.466. The lowest BCUT2D eigenvalue weighted by Gasteiger charge is -1.99. The normalized spacial score (nSPS) is 11.8. The van der Waals surface area contributed by atoms with Crippen LogP contribution in [0.4, 0.5) is 5.69 Å². The van der Waals surface area contributed by atoms with Gasteiger partial charge in [-0.05, 0) is 31.2 Å². The Morgan fingerprint density at radius 3 is 2.65 bits per heavy atom. The van der Waals surface area contributed by atoms with Crippen molar-refractivity contribution in [1.82, 2.24) is 4.57 Å². The first-order valence-electron chi connectivity index (χ1n) is 6.86. The highest BCUT2D eigenvalue weighted by molar-refractivity contribution is 7.16. The van der Waals surface area contributed by atoms with Gasteiger partial charge in [0.25, 0.3) is 11.6 Å². The second-order valence-corrected chi connectivity index (χ2v) is 6.10. The van der Waals surface area contributed by atoms with Gasteiger partial charge in [0.05, 0.1) is 15.1 Å². The Morgan fingerprint density at radius 1 is 1.26 bits per heavy atom. The Kier molecular flexibility index (Phi) is 3.79. The molecule has 0 unspecified atom stereocenters. The Balaban J connectivity index is 2.04. The lowest BCUT2D eigenvalue weighted by Crippen LogP contribution is -2.13. The first-order chi connectivity index (χ1) is 11.0. The monoisotopic (exact) mass is 327 g/mol. The van der Waals surface area contributed by atoms with E-state index in [0.717, 1.165) is 10.2 Å². The minimum Gasteiger partial charge on any atom is -0.319 e. The molecule has 116 valence electrons. The van der Waals surface area contributed by atoms with Gasteiger partial charge in [-0.15, -0.1) is 0 Å². The highest BCUT2D eigenvalue weighted by Gasteiger charge is 2.13. The number of para-hydroxylation sites is 1. The zero-order chi connectivity index (χ0) is 16.6. The van der Waals surface area contributed by atoms with Gasteiger partial charge in [-0.1, -0.05) is 23.5 Å². The molecule has 23 heavy (non-hydrogen) atoms. The number of rotatable bonds is 2. The highest BCUT2D eigenvalue weighted by Crippen LogP contribution is 2.19. The third kappa shape index (κ3) is 2.78. The molecule has 0 aliphatic heterocycles. The molecule has 6 nitrogen and oxygen atoms in total. The quantitative estimate of drug-likeness (QED) is 0.535. The molecule has 1 heterocycles. The molecule has 0 saturated carbocycles. The Labute approximate surface area is 135 Å². The molecule has 0 aliphatic carbocycles. The van der Waals surface area contributed by atoms with Gasteiger partial charge in [-0.25, -0.2) is 0 Å². The number of aromatic nitrogens is 1. The number of nitrogens with zero attached hydrogens (tertiary/aromatic N) is 3. The number of fused-ring (bicyclic) bond motifs is 1. The number of thiazole rings is 1. The van der Waals surface area contributed by atoms with Crippen molar-refractivity contribution in [3.63, 3.8) is 0 Å². The van der Waals surface area contributed by atoms with Crippen molar-refractivity contribution in [2.75, 3.05) is 0 Å². The number of nitro benzene ring substituents is 1. The van der Waals surface area contributed by atoms with Crippen LogP contribution in [0.2, 0.25) is 0 Å². The standard InChI is InChI=1S/C16H13N3O3S/c1-10-9-11(7-8-12(10)19(21)22)15(20)17-16-18(2)13-5-3-4-6-14(13)23-16/h3-9H,1-2H3. The number of carbonyl (C=O) groups excluding carboxylic acids is 1. The van der Waals surface area contributed by atoms with Crippen LogP contribution in [0.5, 0.6) is 0 Å². The van der Waals surface area contributed by atoms with E-state index in [2.05, 4.69) is 4.99 Å². The smallest absolute Gasteiger partial charge is 0.279 e. The predicted molar refractivity (Wildman–Crippen MR) is 88.5 cm³/mol. The molecule has 7 heteroatoms. The molecule has 0 fully saturated rings. The second kappa shape index (κ2) is 5.77. The molecule has 0 aliphatic rings. The van der Waals surface area contributed by atoms with E-state index >= 15 is 0 Å².